The molecule has 96 valence electrons. The number of hydrogen-bond acceptors (Lipinski definition) is 4. The molecule has 0 aromatic heterocycles. The number of hydrogen-bond donors (Lipinski definition) is 1. The quantitative estimate of drug-likeness (QED) is 0.618. The fourth-order valence-corrected chi connectivity index (χ4v) is 1.86. The molecule has 1 aliphatic carbocycles. The van der Waals surface area contributed by atoms with Crippen molar-refractivity contribution < 1.29 is 14.3 Å². The molecule has 4 heteroatoms. The minimum absolute atomic E-state index is 0.0309. The number of rotatable bonds is 6. The summed E-state index contributed by atoms with van der Waals surface area (Å²) in [6, 6.07) is 7.07. The summed E-state index contributed by atoms with van der Waals surface area (Å²) >= 11 is 0. The normalized spacial score (nSPS) is 15.8. The van der Waals surface area contributed by atoms with Crippen molar-refractivity contribution in [3.05, 3.63) is 29.8 Å². The number of esters is 1. The lowest BCUT2D eigenvalue weighted by atomic mass is 10.1. The topological polar surface area (TPSA) is 55.4 Å². The molecular weight excluding hydrogens is 230 g/mol. The van der Waals surface area contributed by atoms with E-state index in [0.717, 1.165) is 19.1 Å². The Morgan fingerprint density at radius 1 is 1.50 bits per heavy atom. The summed E-state index contributed by atoms with van der Waals surface area (Å²) in [7, 11) is 0. The highest BCUT2D eigenvalue weighted by Crippen LogP contribution is 2.34. The van der Waals surface area contributed by atoms with E-state index in [4.69, 9.17) is 4.74 Å². The second-order valence-corrected chi connectivity index (χ2v) is 4.54. The summed E-state index contributed by atoms with van der Waals surface area (Å²) in [5.74, 6) is 0.187. The highest BCUT2D eigenvalue weighted by atomic mass is 16.5. The van der Waals surface area contributed by atoms with Crippen LogP contribution in [-0.2, 0) is 9.53 Å². The lowest BCUT2D eigenvalue weighted by Gasteiger charge is -2.14. The number of benzene rings is 1. The largest absolute Gasteiger partial charge is 0.459 e. The molecule has 1 N–H and O–H groups in total. The Labute approximate surface area is 106 Å². The average molecular weight is 247 g/mol. The molecule has 1 atom stereocenters. The van der Waals surface area contributed by atoms with Crippen LogP contribution < -0.4 is 5.32 Å². The SMILES string of the molecule is CC(OC(=O)c1ccccc1NCC=O)C1CC1. The van der Waals surface area contributed by atoms with Gasteiger partial charge in [0, 0.05) is 5.69 Å². The number of nitrogens with one attached hydrogen (secondary N) is 1. The Bertz CT molecular complexity index is 440. The monoisotopic (exact) mass is 247 g/mol. The number of anilines is 1. The van der Waals surface area contributed by atoms with Gasteiger partial charge < -0.3 is 14.8 Å². The Hall–Kier alpha value is -1.84. The van der Waals surface area contributed by atoms with Crippen LogP contribution in [0.3, 0.4) is 0 Å². The van der Waals surface area contributed by atoms with E-state index < -0.39 is 0 Å². The average Bonchev–Trinajstić information content (AvgIpc) is 3.20. The van der Waals surface area contributed by atoms with Crippen molar-refractivity contribution >= 4 is 17.9 Å². The van der Waals surface area contributed by atoms with Crippen LogP contribution in [-0.4, -0.2) is 24.9 Å². The van der Waals surface area contributed by atoms with Gasteiger partial charge in [0.15, 0.2) is 0 Å². The van der Waals surface area contributed by atoms with E-state index in [2.05, 4.69) is 5.32 Å². The molecule has 0 saturated heterocycles. The molecular formula is C14H17NO3. The maximum atomic E-state index is 12.0. The molecule has 0 radical (unpaired) electrons. The van der Waals surface area contributed by atoms with Crippen LogP contribution in [0.5, 0.6) is 0 Å². The summed E-state index contributed by atoms with van der Waals surface area (Å²) in [4.78, 5) is 22.4. The van der Waals surface area contributed by atoms with Gasteiger partial charge in [0.05, 0.1) is 12.1 Å². The fraction of sp³-hybridized carbons (Fsp3) is 0.429. The molecule has 1 aromatic rings. The van der Waals surface area contributed by atoms with Crippen molar-refractivity contribution in [2.45, 2.75) is 25.9 Å². The van der Waals surface area contributed by atoms with Gasteiger partial charge in [-0.2, -0.15) is 0 Å². The van der Waals surface area contributed by atoms with Gasteiger partial charge in [0.2, 0.25) is 0 Å². The van der Waals surface area contributed by atoms with Gasteiger partial charge in [-0.25, -0.2) is 4.79 Å². The maximum absolute atomic E-state index is 12.0. The van der Waals surface area contributed by atoms with Gasteiger partial charge in [-0.05, 0) is 37.8 Å². The number of aldehydes is 1. The smallest absolute Gasteiger partial charge is 0.340 e. The van der Waals surface area contributed by atoms with Crippen molar-refractivity contribution in [3.63, 3.8) is 0 Å². The summed E-state index contributed by atoms with van der Waals surface area (Å²) in [5.41, 5.74) is 1.12. The second kappa shape index (κ2) is 5.67. The molecule has 2 rings (SSSR count). The molecule has 0 amide bonds. The van der Waals surface area contributed by atoms with Gasteiger partial charge in [-0.15, -0.1) is 0 Å². The Kier molecular flexibility index (Phi) is 3.97. The number of carbonyl (C=O) groups is 2. The maximum Gasteiger partial charge on any atom is 0.340 e. The predicted molar refractivity (Wildman–Crippen MR) is 68.6 cm³/mol. The molecule has 18 heavy (non-hydrogen) atoms. The van der Waals surface area contributed by atoms with E-state index >= 15 is 0 Å². The van der Waals surface area contributed by atoms with Crippen LogP contribution in [0.25, 0.3) is 0 Å². The zero-order chi connectivity index (χ0) is 13.0. The predicted octanol–water partition coefficient (Wildman–Crippen LogP) is 2.25. The van der Waals surface area contributed by atoms with Crippen LogP contribution in [0.4, 0.5) is 5.69 Å². The third-order valence-electron chi connectivity index (χ3n) is 3.10. The first-order chi connectivity index (χ1) is 8.72. The van der Waals surface area contributed by atoms with Crippen LogP contribution in [0.2, 0.25) is 0 Å². The highest BCUT2D eigenvalue weighted by molar-refractivity contribution is 5.96. The second-order valence-electron chi connectivity index (χ2n) is 4.54. The molecule has 0 heterocycles. The number of para-hydroxylation sites is 1. The fourth-order valence-electron chi connectivity index (χ4n) is 1.86. The van der Waals surface area contributed by atoms with Crippen molar-refractivity contribution in [1.82, 2.24) is 0 Å². The molecule has 1 aromatic carbocycles. The van der Waals surface area contributed by atoms with E-state index in [1.807, 2.05) is 13.0 Å². The van der Waals surface area contributed by atoms with E-state index in [-0.39, 0.29) is 18.6 Å². The summed E-state index contributed by atoms with van der Waals surface area (Å²) < 4.78 is 5.41. The third-order valence-corrected chi connectivity index (χ3v) is 3.10. The van der Waals surface area contributed by atoms with Gasteiger partial charge in [-0.1, -0.05) is 12.1 Å². The summed E-state index contributed by atoms with van der Waals surface area (Å²) in [5, 5.41) is 2.89. The molecule has 1 saturated carbocycles. The Morgan fingerprint density at radius 3 is 2.89 bits per heavy atom. The standard InChI is InChI=1S/C14H17NO3/c1-10(11-6-7-11)18-14(17)12-4-2-3-5-13(12)15-8-9-16/h2-5,9-11,15H,6-8H2,1H3. The van der Waals surface area contributed by atoms with E-state index in [1.54, 1.807) is 18.2 Å². The first-order valence-electron chi connectivity index (χ1n) is 6.20. The molecule has 0 bridgehead atoms. The van der Waals surface area contributed by atoms with Gasteiger partial charge in [-0.3, -0.25) is 0 Å². The van der Waals surface area contributed by atoms with Crippen LogP contribution in [0, 0.1) is 5.92 Å². The van der Waals surface area contributed by atoms with Crippen LogP contribution >= 0.6 is 0 Å². The van der Waals surface area contributed by atoms with Crippen molar-refractivity contribution in [3.8, 4) is 0 Å². The molecule has 1 fully saturated rings. The number of carbonyl (C=O) groups excluding carboxylic acids is 2. The Morgan fingerprint density at radius 2 is 2.22 bits per heavy atom. The molecule has 0 aliphatic heterocycles. The molecule has 1 unspecified atom stereocenters. The highest BCUT2D eigenvalue weighted by Gasteiger charge is 2.31. The third kappa shape index (κ3) is 3.09. The Balaban J connectivity index is 2.05. The first-order valence-corrected chi connectivity index (χ1v) is 6.20. The summed E-state index contributed by atoms with van der Waals surface area (Å²) in [6.45, 7) is 2.11. The van der Waals surface area contributed by atoms with Gasteiger partial charge in [0.25, 0.3) is 0 Å². The van der Waals surface area contributed by atoms with E-state index in [0.29, 0.717) is 17.2 Å². The summed E-state index contributed by atoms with van der Waals surface area (Å²) in [6.07, 6.45) is 3.00. The molecule has 4 nitrogen and oxygen atoms in total. The van der Waals surface area contributed by atoms with E-state index in [1.165, 1.54) is 0 Å². The lowest BCUT2D eigenvalue weighted by Crippen LogP contribution is -2.18. The van der Waals surface area contributed by atoms with Gasteiger partial charge >= 0.3 is 5.97 Å². The van der Waals surface area contributed by atoms with Crippen molar-refractivity contribution in [1.29, 1.82) is 0 Å². The molecule has 1 aliphatic rings. The van der Waals surface area contributed by atoms with Gasteiger partial charge in [0.1, 0.15) is 12.4 Å². The lowest BCUT2D eigenvalue weighted by molar-refractivity contribution is -0.106. The zero-order valence-electron chi connectivity index (χ0n) is 10.4. The van der Waals surface area contributed by atoms with Crippen molar-refractivity contribution in [2.24, 2.45) is 5.92 Å². The zero-order valence-corrected chi connectivity index (χ0v) is 10.4. The van der Waals surface area contributed by atoms with Crippen LogP contribution in [0.1, 0.15) is 30.1 Å². The number of ether oxygens (including phenoxy) is 1. The molecule has 0 spiro atoms. The first kappa shape index (κ1) is 12.6. The minimum Gasteiger partial charge on any atom is -0.459 e. The van der Waals surface area contributed by atoms with Crippen LogP contribution in [0.15, 0.2) is 24.3 Å². The minimum atomic E-state index is -0.330. The van der Waals surface area contributed by atoms with Crippen molar-refractivity contribution in [2.75, 3.05) is 11.9 Å². The van der Waals surface area contributed by atoms with E-state index in [9.17, 15) is 9.59 Å².